The van der Waals surface area contributed by atoms with Crippen LogP contribution >= 0.6 is 0 Å². The Balaban J connectivity index is 2.79. The molecule has 1 N–H and O–H groups in total. The third kappa shape index (κ3) is 4.44. The molecule has 0 amide bonds. The minimum absolute atomic E-state index is 0.0414. The van der Waals surface area contributed by atoms with Crippen molar-refractivity contribution >= 4 is 5.69 Å². The van der Waals surface area contributed by atoms with Gasteiger partial charge in [0.05, 0.1) is 17.0 Å². The lowest BCUT2D eigenvalue weighted by Gasteiger charge is -2.16. The highest BCUT2D eigenvalue weighted by Gasteiger charge is 2.30. The number of aryl methyl sites for hydroxylation is 1. The van der Waals surface area contributed by atoms with Crippen LogP contribution in [0.25, 0.3) is 0 Å². The maximum atomic E-state index is 12.2. The maximum absolute atomic E-state index is 12.2. The van der Waals surface area contributed by atoms with Gasteiger partial charge in [0.15, 0.2) is 0 Å². The summed E-state index contributed by atoms with van der Waals surface area (Å²) >= 11 is 0. The van der Waals surface area contributed by atoms with Gasteiger partial charge in [-0.25, -0.2) is 0 Å². The molecule has 20 heavy (non-hydrogen) atoms. The summed E-state index contributed by atoms with van der Waals surface area (Å²) in [7, 11) is 0. The number of aromatic nitrogens is 1. The maximum Gasteiger partial charge on any atom is 0.390 e. The summed E-state index contributed by atoms with van der Waals surface area (Å²) in [5, 5.41) is 13.6. The van der Waals surface area contributed by atoms with Crippen molar-refractivity contribution in [1.82, 2.24) is 10.3 Å². The average molecular weight is 291 g/mol. The molecule has 1 atom stereocenters. The highest BCUT2D eigenvalue weighted by Crippen LogP contribution is 2.25. The first kappa shape index (κ1) is 16.4. The van der Waals surface area contributed by atoms with E-state index in [0.29, 0.717) is 16.8 Å². The summed E-state index contributed by atoms with van der Waals surface area (Å²) < 4.78 is 36.6. The van der Waals surface area contributed by atoms with Crippen molar-refractivity contribution in [2.75, 3.05) is 0 Å². The van der Waals surface area contributed by atoms with Crippen molar-refractivity contribution in [1.29, 1.82) is 0 Å². The van der Waals surface area contributed by atoms with Gasteiger partial charge in [-0.05, 0) is 20.8 Å². The van der Waals surface area contributed by atoms with E-state index in [-0.39, 0.29) is 12.2 Å². The molecule has 1 aromatic rings. The number of nitrogens with one attached hydrogen (secondary N) is 1. The van der Waals surface area contributed by atoms with Crippen LogP contribution in [-0.4, -0.2) is 22.1 Å². The molecular formula is C12H16F3N3O2. The van der Waals surface area contributed by atoms with Gasteiger partial charge in [-0.1, -0.05) is 0 Å². The average Bonchev–Trinajstić information content (AvgIpc) is 2.25. The zero-order valence-corrected chi connectivity index (χ0v) is 11.4. The van der Waals surface area contributed by atoms with Crippen LogP contribution in [0.15, 0.2) is 6.20 Å². The molecule has 0 saturated heterocycles. The normalized spacial score (nSPS) is 13.3. The van der Waals surface area contributed by atoms with Crippen LogP contribution in [0.1, 0.15) is 30.2 Å². The predicted molar refractivity (Wildman–Crippen MR) is 67.3 cm³/mol. The van der Waals surface area contributed by atoms with Gasteiger partial charge in [0.2, 0.25) is 0 Å². The molecule has 5 nitrogen and oxygen atoms in total. The monoisotopic (exact) mass is 291 g/mol. The highest BCUT2D eigenvalue weighted by atomic mass is 19.4. The molecule has 0 aliphatic heterocycles. The van der Waals surface area contributed by atoms with E-state index in [1.807, 2.05) is 0 Å². The molecule has 1 aromatic heterocycles. The van der Waals surface area contributed by atoms with Gasteiger partial charge in [-0.15, -0.1) is 0 Å². The summed E-state index contributed by atoms with van der Waals surface area (Å²) in [6.07, 6.45) is -3.84. The lowest BCUT2D eigenvalue weighted by atomic mass is 10.1. The van der Waals surface area contributed by atoms with Gasteiger partial charge >= 0.3 is 6.18 Å². The van der Waals surface area contributed by atoms with Gasteiger partial charge < -0.3 is 5.32 Å². The minimum atomic E-state index is -4.24. The van der Waals surface area contributed by atoms with Crippen molar-refractivity contribution in [3.05, 3.63) is 33.1 Å². The first-order valence-electron chi connectivity index (χ1n) is 6.01. The Bertz CT molecular complexity index is 503. The molecule has 0 spiro atoms. The van der Waals surface area contributed by atoms with E-state index in [1.54, 1.807) is 13.8 Å². The Kier molecular flexibility index (Phi) is 5.04. The fourth-order valence-corrected chi connectivity index (χ4v) is 1.91. The summed E-state index contributed by atoms with van der Waals surface area (Å²) in [5.74, 6) is 0. The topological polar surface area (TPSA) is 68.1 Å². The van der Waals surface area contributed by atoms with Crippen molar-refractivity contribution < 1.29 is 18.1 Å². The molecule has 1 rings (SSSR count). The molecule has 1 unspecified atom stereocenters. The third-order valence-corrected chi connectivity index (χ3v) is 2.91. The van der Waals surface area contributed by atoms with Crippen molar-refractivity contribution in [3.8, 4) is 0 Å². The summed E-state index contributed by atoms with van der Waals surface area (Å²) in [6.45, 7) is 4.58. The fraction of sp³-hybridized carbons (Fsp3) is 0.583. The number of nitrogens with zero attached hydrogens (tertiary/aromatic N) is 2. The second-order valence-corrected chi connectivity index (χ2v) is 4.72. The Morgan fingerprint density at radius 3 is 2.55 bits per heavy atom. The Morgan fingerprint density at radius 1 is 1.45 bits per heavy atom. The smallest absolute Gasteiger partial charge is 0.308 e. The zero-order valence-electron chi connectivity index (χ0n) is 11.4. The van der Waals surface area contributed by atoms with Crippen LogP contribution < -0.4 is 5.32 Å². The quantitative estimate of drug-likeness (QED) is 0.668. The molecule has 112 valence electrons. The van der Waals surface area contributed by atoms with E-state index < -0.39 is 23.6 Å². The van der Waals surface area contributed by atoms with Gasteiger partial charge in [0.25, 0.3) is 5.69 Å². The van der Waals surface area contributed by atoms with Crippen LogP contribution in [0.3, 0.4) is 0 Å². The van der Waals surface area contributed by atoms with Gasteiger partial charge in [-0.2, -0.15) is 13.2 Å². The van der Waals surface area contributed by atoms with E-state index in [4.69, 9.17) is 0 Å². The first-order valence-corrected chi connectivity index (χ1v) is 6.01. The molecule has 0 radical (unpaired) electrons. The van der Waals surface area contributed by atoms with Gasteiger partial charge in [0, 0.05) is 29.9 Å². The van der Waals surface area contributed by atoms with Crippen molar-refractivity contribution in [3.63, 3.8) is 0 Å². The number of hydrogen-bond acceptors (Lipinski definition) is 4. The lowest BCUT2D eigenvalue weighted by molar-refractivity contribution is -0.386. The fourth-order valence-electron chi connectivity index (χ4n) is 1.91. The Labute approximate surface area is 114 Å². The molecule has 0 fully saturated rings. The van der Waals surface area contributed by atoms with Crippen molar-refractivity contribution in [2.24, 2.45) is 0 Å². The molecule has 0 aromatic carbocycles. The van der Waals surface area contributed by atoms with Crippen LogP contribution in [-0.2, 0) is 6.54 Å². The van der Waals surface area contributed by atoms with E-state index in [9.17, 15) is 23.3 Å². The summed E-state index contributed by atoms with van der Waals surface area (Å²) in [6, 6.07) is -0.781. The van der Waals surface area contributed by atoms with Crippen LogP contribution in [0, 0.1) is 24.0 Å². The molecule has 0 saturated carbocycles. The predicted octanol–water partition coefficient (Wildman–Crippen LogP) is 3.04. The number of alkyl halides is 3. The van der Waals surface area contributed by atoms with Crippen LogP contribution in [0.4, 0.5) is 18.9 Å². The van der Waals surface area contributed by atoms with E-state index in [1.165, 1.54) is 13.1 Å². The largest absolute Gasteiger partial charge is 0.390 e. The molecule has 0 bridgehead atoms. The number of pyridine rings is 1. The minimum Gasteiger partial charge on any atom is -0.308 e. The van der Waals surface area contributed by atoms with Crippen molar-refractivity contribution in [2.45, 2.75) is 46.0 Å². The second kappa shape index (κ2) is 6.17. The van der Waals surface area contributed by atoms with Crippen LogP contribution in [0.5, 0.6) is 0 Å². The standard InChI is InChI=1S/C12H16F3N3O2/c1-7-5-17-10(9(3)11(7)18(19)20)6-16-8(2)4-12(13,14)15/h5,8,16H,4,6H2,1-3H3. The molecule has 8 heteroatoms. The molecule has 0 aliphatic carbocycles. The van der Waals surface area contributed by atoms with Gasteiger partial charge in [0.1, 0.15) is 0 Å². The van der Waals surface area contributed by atoms with E-state index in [2.05, 4.69) is 10.3 Å². The van der Waals surface area contributed by atoms with Crippen LogP contribution in [0.2, 0.25) is 0 Å². The Hall–Kier alpha value is -1.70. The SMILES string of the molecule is Cc1cnc(CNC(C)CC(F)(F)F)c(C)c1[N+](=O)[O-]. The number of rotatable bonds is 5. The third-order valence-electron chi connectivity index (χ3n) is 2.91. The summed E-state index contributed by atoms with van der Waals surface area (Å²) in [4.78, 5) is 14.5. The number of nitro groups is 1. The second-order valence-electron chi connectivity index (χ2n) is 4.72. The van der Waals surface area contributed by atoms with E-state index in [0.717, 1.165) is 0 Å². The molecule has 0 aliphatic rings. The highest BCUT2D eigenvalue weighted by molar-refractivity contribution is 5.47. The molecule has 1 heterocycles. The Morgan fingerprint density at radius 2 is 2.05 bits per heavy atom. The zero-order chi connectivity index (χ0) is 15.5. The van der Waals surface area contributed by atoms with E-state index >= 15 is 0 Å². The van der Waals surface area contributed by atoms with Gasteiger partial charge in [-0.3, -0.25) is 15.1 Å². The first-order chi connectivity index (χ1) is 9.11. The lowest BCUT2D eigenvalue weighted by Crippen LogP contribution is -2.31. The molecular weight excluding hydrogens is 275 g/mol. The summed E-state index contributed by atoms with van der Waals surface area (Å²) in [5.41, 5.74) is 1.15. The number of halogens is 3. The number of hydrogen-bond donors (Lipinski definition) is 1.